The number of carboxylic acids is 2. The number of carbonyl (C=O) groups excluding carboxylic acids is 16. The number of aromatic nitrogens is 1. The molecule has 1 saturated heterocycles. The monoisotopic (exact) mass is 1650 g/mol. The highest BCUT2D eigenvalue weighted by atomic mass is 32.2. The first kappa shape index (κ1) is 97.4. The number of ketones is 2. The molecule has 0 spiro atoms. The van der Waals surface area contributed by atoms with Gasteiger partial charge in [0.1, 0.15) is 54.4 Å². The molecule has 0 aliphatic carbocycles. The van der Waals surface area contributed by atoms with Crippen molar-refractivity contribution >= 4 is 129 Å². The van der Waals surface area contributed by atoms with Crippen LogP contribution in [0.1, 0.15) is 130 Å². The van der Waals surface area contributed by atoms with Gasteiger partial charge in [0.15, 0.2) is 23.7 Å². The Morgan fingerprint density at radius 3 is 1.51 bits per heavy atom. The van der Waals surface area contributed by atoms with Gasteiger partial charge in [0, 0.05) is 67.3 Å². The third-order valence-electron chi connectivity index (χ3n) is 18.3. The number of nitrogens with two attached hydrogens (primary N) is 5. The lowest BCUT2D eigenvalue weighted by molar-refractivity contribution is -0.145. The quantitative estimate of drug-likeness (QED) is 0.0185. The van der Waals surface area contributed by atoms with Crippen LogP contribution in [0.4, 0.5) is 0 Å². The summed E-state index contributed by atoms with van der Waals surface area (Å²) in [6, 6.07) is -7.71. The van der Waals surface area contributed by atoms with Crippen LogP contribution in [0.5, 0.6) is 0 Å². The van der Waals surface area contributed by atoms with Crippen molar-refractivity contribution in [2.24, 2.45) is 46.4 Å². The van der Waals surface area contributed by atoms with Gasteiger partial charge in [-0.3, -0.25) is 86.3 Å². The van der Waals surface area contributed by atoms with Crippen molar-refractivity contribution in [3.8, 4) is 0 Å². The van der Waals surface area contributed by atoms with Gasteiger partial charge in [-0.2, -0.15) is 11.8 Å². The fourth-order valence-corrected chi connectivity index (χ4v) is 13.1. The van der Waals surface area contributed by atoms with Crippen molar-refractivity contribution < 1.29 is 107 Å². The number of Topliss-reactive ketones (excluding diaryl/α,β-unsaturated/α-hetero) is 2. The average molecular weight is 1650 g/mol. The van der Waals surface area contributed by atoms with Gasteiger partial charge in [0.2, 0.25) is 70.9 Å². The molecular weight excluding hydrogens is 1540 g/mol. The number of para-hydroxylation sites is 1. The van der Waals surface area contributed by atoms with E-state index in [9.17, 15) is 107 Å². The molecule has 3 aromatic rings. The molecule has 1 aromatic heterocycles. The largest absolute Gasteiger partial charge is 0.481 e. The molecule has 1 aliphatic heterocycles. The van der Waals surface area contributed by atoms with Crippen molar-refractivity contribution in [1.82, 2.24) is 68.4 Å². The van der Waals surface area contributed by atoms with Gasteiger partial charge in [-0.15, -0.1) is 0 Å². The van der Waals surface area contributed by atoms with E-state index >= 15 is 0 Å². The molecule has 2 heterocycles. The molecule has 0 unspecified atom stereocenters. The molecule has 640 valence electrons. The second kappa shape index (κ2) is 49.0. The minimum absolute atomic E-state index is 0.00625. The van der Waals surface area contributed by atoms with Gasteiger partial charge >= 0.3 is 11.9 Å². The van der Waals surface area contributed by atoms with E-state index in [4.69, 9.17) is 28.7 Å². The van der Waals surface area contributed by atoms with E-state index in [1.165, 1.54) is 0 Å². The number of carbonyl (C=O) groups is 18. The Morgan fingerprint density at radius 2 is 0.983 bits per heavy atom. The Kier molecular flexibility index (Phi) is 41.1. The molecule has 116 heavy (non-hydrogen) atoms. The number of hydrogen-bond donors (Lipinski definition) is 21. The lowest BCUT2D eigenvalue weighted by atomic mass is 9.97. The first-order valence-corrected chi connectivity index (χ1v) is 39.2. The van der Waals surface area contributed by atoms with Crippen molar-refractivity contribution in [3.63, 3.8) is 0 Å². The van der Waals surface area contributed by atoms with Crippen molar-refractivity contribution in [2.45, 2.75) is 210 Å². The summed E-state index contributed by atoms with van der Waals surface area (Å²) in [6.45, 7) is 7.05. The average Bonchev–Trinajstić information content (AvgIpc) is 1.39. The zero-order valence-corrected chi connectivity index (χ0v) is 66.6. The Bertz CT molecular complexity index is 3940. The number of aromatic amines is 1. The summed E-state index contributed by atoms with van der Waals surface area (Å²) in [4.78, 5) is 251. The first-order valence-electron chi connectivity index (χ1n) is 38.1. The first-order chi connectivity index (χ1) is 54.8. The van der Waals surface area contributed by atoms with E-state index in [1.807, 2.05) is 0 Å². The fourth-order valence-electron chi connectivity index (χ4n) is 12.2. The number of hydrogen-bond acceptors (Lipinski definition) is 24. The van der Waals surface area contributed by atoms with Gasteiger partial charge in [-0.05, 0) is 92.9 Å². The lowest BCUT2D eigenvalue weighted by Gasteiger charge is -2.30. The van der Waals surface area contributed by atoms with Crippen LogP contribution in [0.3, 0.4) is 0 Å². The molecule has 1 fully saturated rings. The molecule has 14 amide bonds. The zero-order valence-electron chi connectivity index (χ0n) is 65.7. The Labute approximate surface area is 673 Å². The van der Waals surface area contributed by atoms with Crippen LogP contribution in [0, 0.1) is 17.8 Å². The van der Waals surface area contributed by atoms with Crippen LogP contribution in [-0.2, 0) is 99.1 Å². The number of thioether (sulfide) groups is 1. The normalized spacial score (nSPS) is 17.0. The molecule has 0 bridgehead atoms. The van der Waals surface area contributed by atoms with E-state index in [0.29, 0.717) is 28.5 Å². The maximum Gasteiger partial charge on any atom is 0.305 e. The number of unbranched alkanes of at least 4 members (excludes halogenated alkanes) is 1. The lowest BCUT2D eigenvalue weighted by Crippen LogP contribution is -2.63. The Hall–Kier alpha value is -11.0. The van der Waals surface area contributed by atoms with Crippen LogP contribution in [0.25, 0.3) is 10.9 Å². The van der Waals surface area contributed by atoms with E-state index in [0.717, 1.165) is 16.7 Å². The third kappa shape index (κ3) is 33.1. The van der Waals surface area contributed by atoms with Gasteiger partial charge < -0.3 is 117 Å². The number of aliphatic carboxylic acids is 2. The number of rotatable bonds is 48. The molecule has 40 nitrogen and oxygen atoms in total. The number of fused-ring (bicyclic) bond motifs is 1. The summed E-state index contributed by atoms with van der Waals surface area (Å²) in [5.41, 5.74) is 30.0. The third-order valence-corrected chi connectivity index (χ3v) is 19.3. The molecule has 0 saturated carbocycles. The van der Waals surface area contributed by atoms with E-state index < -0.39 is 249 Å². The molecule has 1 aliphatic rings. The van der Waals surface area contributed by atoms with Crippen LogP contribution in [0.15, 0.2) is 60.8 Å². The van der Waals surface area contributed by atoms with Crippen molar-refractivity contribution in [3.05, 3.63) is 71.9 Å². The number of nitrogens with zero attached hydrogens (tertiary/aromatic N) is 1. The second-order valence-corrected chi connectivity index (χ2v) is 30.6. The predicted molar refractivity (Wildman–Crippen MR) is 420 cm³/mol. The van der Waals surface area contributed by atoms with E-state index in [1.54, 1.807) is 102 Å². The summed E-state index contributed by atoms with van der Waals surface area (Å²) in [7, 11) is 0. The maximum atomic E-state index is 15.0. The molecule has 26 N–H and O–H groups in total. The van der Waals surface area contributed by atoms with Gasteiger partial charge in [-0.1, -0.05) is 90.1 Å². The molecular formula is C75H112N18O22S. The molecule has 2 aromatic carbocycles. The maximum absolute atomic E-state index is 15.0. The van der Waals surface area contributed by atoms with Crippen molar-refractivity contribution in [1.29, 1.82) is 0 Å². The molecule has 13 atom stereocenters. The minimum Gasteiger partial charge on any atom is -0.481 e. The second-order valence-electron chi connectivity index (χ2n) is 29.4. The van der Waals surface area contributed by atoms with Crippen LogP contribution in [-0.4, -0.2) is 259 Å². The Balaban J connectivity index is 1.67. The zero-order chi connectivity index (χ0) is 86.6. The topological polar surface area (TPSA) is 670 Å². The molecule has 41 heteroatoms. The smallest absolute Gasteiger partial charge is 0.305 e. The summed E-state index contributed by atoms with van der Waals surface area (Å²) in [5, 5.41) is 67.5. The van der Waals surface area contributed by atoms with Gasteiger partial charge in [0.05, 0.1) is 38.3 Å². The van der Waals surface area contributed by atoms with Crippen LogP contribution < -0.4 is 87.2 Å². The number of aliphatic hydroxyl groups is 2. The molecule has 4 rings (SSSR count). The number of primary amides is 2. The summed E-state index contributed by atoms with van der Waals surface area (Å²) >= 11 is 1.05. The summed E-state index contributed by atoms with van der Waals surface area (Å²) in [5.74, 6) is -21.5. The number of carboxylic acid groups (broad SMARTS) is 2. The standard InChI is InChI=1S/C75H112N18O22S/c1-38(2)28-48(67(107)85-50(30-40(5)6)69(109)89-54(36-94)65(80)105)84-66(106)47(18-12-13-24-76)83-71(111)52(32-42-34-81-46-17-11-10-16-43(42)46)87-68(108)49(29-39(3)4)86-72(112)53(33-60(101)102)88-73(113)55(37-95)90-70(110)51(31-41-14-8-7-9-15-41)82-58(98)35-93-25-27-116-26-23-57(97)91-61(63(103)44(77)19-21-56(79)96)74(114)92-62(75(93)115)64(104)45(78)20-22-59(99)100/h7-11,14-17,34,38-40,44-45,47-55,61-62,81,94-95H,12-13,18-33,35-37,76-78H2,1-6H3,(H2,79,96)(H2,80,105)(H,82,98)(H,83,111)(H,84,106)(H,85,107)(H,86,112)(H,87,108)(H,88,113)(H,89,109)(H,90,110)(H,91,97)(H,92,114)(H,99,100)(H,101,102)/t44-,45-,47-,48-,49-,50-,51-,52-,53-,54-,55-,61+,62-/m0/s1. The predicted octanol–water partition coefficient (Wildman–Crippen LogP) is -5.61. The SMILES string of the molecule is CC(C)C[C@H](NC(=O)[C@H](CC(C)C)NC(=O)[C@H](CCCCN)NC(=O)[C@H](Cc1c[nH]c2ccccc12)NC(=O)[C@H](CC(C)C)NC(=O)[C@H](CC(=O)O)NC(=O)[C@H](CO)NC(=O)[C@H](Cc1ccccc1)NC(=O)CN1CCSCCC(=O)N[C@H](C(=O)[C@@H](N)CCC(N)=O)C(=O)N[C@@H](C(=O)[C@@H](N)CCC(=O)O)C1=O)C(=O)N[C@@H](CO)C(N)=O. The number of H-pyrrole nitrogens is 1. The summed E-state index contributed by atoms with van der Waals surface area (Å²) < 4.78 is 0. The minimum atomic E-state index is -2.38. The number of benzene rings is 2. The highest BCUT2D eigenvalue weighted by Gasteiger charge is 2.42. The fraction of sp³-hybridized carbons (Fsp3) is 0.573. The number of aliphatic hydroxyl groups excluding tert-OH is 2. The van der Waals surface area contributed by atoms with Gasteiger partial charge in [0.25, 0.3) is 11.8 Å². The molecule has 0 radical (unpaired) electrons. The van der Waals surface area contributed by atoms with E-state index in [2.05, 4.69) is 63.5 Å². The van der Waals surface area contributed by atoms with Crippen LogP contribution in [0.2, 0.25) is 0 Å². The Morgan fingerprint density at radius 1 is 0.517 bits per heavy atom. The highest BCUT2D eigenvalue weighted by Crippen LogP contribution is 2.21. The van der Waals surface area contributed by atoms with Crippen molar-refractivity contribution in [2.75, 3.05) is 44.4 Å². The highest BCUT2D eigenvalue weighted by molar-refractivity contribution is 7.99. The summed E-state index contributed by atoms with van der Waals surface area (Å²) in [6.07, 6.45) is -2.24. The number of nitrogens with one attached hydrogen (secondary N) is 12. The van der Waals surface area contributed by atoms with Crippen LogP contribution >= 0.6 is 11.8 Å². The van der Waals surface area contributed by atoms with E-state index in [-0.39, 0.29) is 81.3 Å². The van der Waals surface area contributed by atoms with Gasteiger partial charge in [-0.25, -0.2) is 0 Å². The number of amides is 14.